The van der Waals surface area contributed by atoms with Crippen LogP contribution >= 0.6 is 0 Å². The van der Waals surface area contributed by atoms with Crippen molar-refractivity contribution in [1.29, 1.82) is 0 Å². The number of nitrogens with one attached hydrogen (secondary N) is 1. The van der Waals surface area contributed by atoms with E-state index in [1.54, 1.807) is 0 Å². The minimum Gasteiger partial charge on any atom is -0.339 e. The van der Waals surface area contributed by atoms with Crippen molar-refractivity contribution < 1.29 is 4.79 Å². The summed E-state index contributed by atoms with van der Waals surface area (Å²) < 4.78 is 2.09. The molecule has 2 fully saturated rings. The van der Waals surface area contributed by atoms with Crippen molar-refractivity contribution >= 4 is 5.91 Å². The fraction of sp³-hybridized carbons (Fsp3) is 0.476. The highest BCUT2D eigenvalue weighted by Crippen LogP contribution is 2.26. The molecule has 4 heteroatoms. The molecule has 4 rings (SSSR count). The van der Waals surface area contributed by atoms with Crippen molar-refractivity contribution in [2.75, 3.05) is 13.1 Å². The van der Waals surface area contributed by atoms with E-state index in [2.05, 4.69) is 26.9 Å². The van der Waals surface area contributed by atoms with Crippen LogP contribution in [-0.2, 0) is 6.54 Å². The van der Waals surface area contributed by atoms with E-state index < -0.39 is 0 Å². The molecule has 0 spiro atoms. The summed E-state index contributed by atoms with van der Waals surface area (Å²) in [6.07, 6.45) is 7.93. The number of nitrogens with zero attached hydrogens (tertiary/aromatic N) is 2. The number of likely N-dealkylation sites (tertiary alicyclic amines) is 1. The highest BCUT2D eigenvalue weighted by atomic mass is 16.2. The van der Waals surface area contributed by atoms with Crippen LogP contribution in [0.5, 0.6) is 0 Å². The van der Waals surface area contributed by atoms with E-state index in [4.69, 9.17) is 0 Å². The lowest BCUT2D eigenvalue weighted by molar-refractivity contribution is 0.0553. The zero-order valence-electron chi connectivity index (χ0n) is 14.7. The summed E-state index contributed by atoms with van der Waals surface area (Å²) in [4.78, 5) is 15.5. The predicted molar refractivity (Wildman–Crippen MR) is 99.7 cm³/mol. The Morgan fingerprint density at radius 2 is 1.92 bits per heavy atom. The van der Waals surface area contributed by atoms with E-state index in [9.17, 15) is 4.79 Å². The fourth-order valence-corrected chi connectivity index (χ4v) is 4.34. The molecule has 1 amide bonds. The molecule has 0 saturated carbocycles. The predicted octanol–water partition coefficient (Wildman–Crippen LogP) is 3.28. The molecule has 2 aliphatic heterocycles. The Labute approximate surface area is 149 Å². The molecule has 2 unspecified atom stereocenters. The third-order valence-corrected chi connectivity index (χ3v) is 5.62. The standard InChI is InChI=1S/C21H27N3O/c25-21(24-15-5-4-11-19(24)18-10-6-13-22-18)20-12-7-14-23(20)16-17-8-2-1-3-9-17/h1-3,7-9,12,14,18-19,22H,4-6,10-11,13,15-16H2. The molecule has 2 aromatic rings. The van der Waals surface area contributed by atoms with E-state index in [-0.39, 0.29) is 5.91 Å². The maximum Gasteiger partial charge on any atom is 0.270 e. The van der Waals surface area contributed by atoms with Gasteiger partial charge in [0.05, 0.1) is 0 Å². The molecule has 1 N–H and O–H groups in total. The van der Waals surface area contributed by atoms with Gasteiger partial charge in [-0.05, 0) is 56.3 Å². The molecular formula is C21H27N3O. The lowest BCUT2D eigenvalue weighted by atomic mass is 9.94. The van der Waals surface area contributed by atoms with Crippen LogP contribution in [0.2, 0.25) is 0 Å². The van der Waals surface area contributed by atoms with Gasteiger partial charge in [0.15, 0.2) is 0 Å². The SMILES string of the molecule is O=C(c1cccn1Cc1ccccc1)N1CCCCC1C1CCCN1. The number of aromatic nitrogens is 1. The van der Waals surface area contributed by atoms with Crippen LogP contribution in [0.3, 0.4) is 0 Å². The number of amides is 1. The Kier molecular flexibility index (Phi) is 4.88. The summed E-state index contributed by atoms with van der Waals surface area (Å²) in [5.74, 6) is 0.194. The summed E-state index contributed by atoms with van der Waals surface area (Å²) in [5, 5.41) is 3.61. The van der Waals surface area contributed by atoms with Crippen molar-refractivity contribution in [1.82, 2.24) is 14.8 Å². The van der Waals surface area contributed by atoms with Gasteiger partial charge in [-0.25, -0.2) is 0 Å². The van der Waals surface area contributed by atoms with Crippen molar-refractivity contribution in [3.63, 3.8) is 0 Å². The van der Waals surface area contributed by atoms with Crippen LogP contribution in [0.1, 0.15) is 48.2 Å². The number of piperidine rings is 1. The molecule has 0 aliphatic carbocycles. The van der Waals surface area contributed by atoms with Crippen LogP contribution in [0.15, 0.2) is 48.7 Å². The Hall–Kier alpha value is -2.07. The first-order chi connectivity index (χ1) is 12.3. The van der Waals surface area contributed by atoms with Gasteiger partial charge in [-0.3, -0.25) is 4.79 Å². The number of benzene rings is 1. The second kappa shape index (κ2) is 7.44. The molecule has 132 valence electrons. The molecule has 4 nitrogen and oxygen atoms in total. The Morgan fingerprint density at radius 1 is 1.04 bits per heavy atom. The summed E-state index contributed by atoms with van der Waals surface area (Å²) in [5.41, 5.74) is 2.04. The van der Waals surface area contributed by atoms with E-state index in [0.29, 0.717) is 12.1 Å². The molecule has 1 aromatic carbocycles. The van der Waals surface area contributed by atoms with Crippen molar-refractivity contribution in [2.45, 2.75) is 50.7 Å². The summed E-state index contributed by atoms with van der Waals surface area (Å²) >= 11 is 0. The van der Waals surface area contributed by atoms with E-state index in [1.807, 2.05) is 36.5 Å². The lowest BCUT2D eigenvalue weighted by Gasteiger charge is -2.39. The molecule has 3 heterocycles. The number of hydrogen-bond acceptors (Lipinski definition) is 2. The third kappa shape index (κ3) is 3.49. The number of carbonyl (C=O) groups is 1. The second-order valence-corrected chi connectivity index (χ2v) is 7.27. The first kappa shape index (κ1) is 16.4. The molecule has 2 aliphatic rings. The number of rotatable bonds is 4. The third-order valence-electron chi connectivity index (χ3n) is 5.62. The van der Waals surface area contributed by atoms with Gasteiger partial charge in [0.25, 0.3) is 5.91 Å². The fourth-order valence-electron chi connectivity index (χ4n) is 4.34. The molecule has 2 saturated heterocycles. The smallest absolute Gasteiger partial charge is 0.270 e. The molecular weight excluding hydrogens is 310 g/mol. The van der Waals surface area contributed by atoms with Crippen LogP contribution in [0, 0.1) is 0 Å². The molecule has 2 atom stereocenters. The van der Waals surface area contributed by atoms with Crippen molar-refractivity contribution in [2.24, 2.45) is 0 Å². The first-order valence-electron chi connectivity index (χ1n) is 9.56. The van der Waals surface area contributed by atoms with Crippen molar-refractivity contribution in [3.05, 3.63) is 59.9 Å². The lowest BCUT2D eigenvalue weighted by Crippen LogP contribution is -2.52. The first-order valence-corrected chi connectivity index (χ1v) is 9.56. The van der Waals surface area contributed by atoms with Crippen molar-refractivity contribution in [3.8, 4) is 0 Å². The highest BCUT2D eigenvalue weighted by Gasteiger charge is 2.35. The van der Waals surface area contributed by atoms with Gasteiger partial charge in [0.2, 0.25) is 0 Å². The maximum absolute atomic E-state index is 13.3. The minimum absolute atomic E-state index is 0.194. The second-order valence-electron chi connectivity index (χ2n) is 7.27. The largest absolute Gasteiger partial charge is 0.339 e. The van der Waals surface area contributed by atoms with Crippen LogP contribution < -0.4 is 5.32 Å². The summed E-state index contributed by atoms with van der Waals surface area (Å²) in [7, 11) is 0. The zero-order valence-corrected chi connectivity index (χ0v) is 14.7. The van der Waals surface area contributed by atoms with Gasteiger partial charge in [-0.2, -0.15) is 0 Å². The number of hydrogen-bond donors (Lipinski definition) is 1. The van der Waals surface area contributed by atoms with Crippen LogP contribution in [-0.4, -0.2) is 40.5 Å². The molecule has 1 aromatic heterocycles. The Balaban J connectivity index is 1.54. The molecule has 0 bridgehead atoms. The van der Waals surface area contributed by atoms with E-state index in [1.165, 1.54) is 24.8 Å². The van der Waals surface area contributed by atoms with Gasteiger partial charge >= 0.3 is 0 Å². The number of carbonyl (C=O) groups excluding carboxylic acids is 1. The van der Waals surface area contributed by atoms with E-state index >= 15 is 0 Å². The normalized spacial score (nSPS) is 23.8. The maximum atomic E-state index is 13.3. The average molecular weight is 337 g/mol. The van der Waals surface area contributed by atoms with Crippen LogP contribution in [0.4, 0.5) is 0 Å². The molecule has 25 heavy (non-hydrogen) atoms. The summed E-state index contributed by atoms with van der Waals surface area (Å²) in [6.45, 7) is 2.72. The Bertz CT molecular complexity index is 703. The van der Waals surface area contributed by atoms with Gasteiger partial charge < -0.3 is 14.8 Å². The quantitative estimate of drug-likeness (QED) is 0.930. The Morgan fingerprint density at radius 3 is 2.72 bits per heavy atom. The topological polar surface area (TPSA) is 37.3 Å². The monoisotopic (exact) mass is 337 g/mol. The van der Waals surface area contributed by atoms with Gasteiger partial charge in [-0.1, -0.05) is 30.3 Å². The zero-order chi connectivity index (χ0) is 17.1. The average Bonchev–Trinajstić information content (AvgIpc) is 3.34. The van der Waals surface area contributed by atoms with E-state index in [0.717, 1.165) is 38.2 Å². The van der Waals surface area contributed by atoms with Gasteiger partial charge in [0.1, 0.15) is 5.69 Å². The molecule has 0 radical (unpaired) electrons. The highest BCUT2D eigenvalue weighted by molar-refractivity contribution is 5.93. The minimum atomic E-state index is 0.194. The summed E-state index contributed by atoms with van der Waals surface area (Å²) in [6, 6.07) is 15.1. The van der Waals surface area contributed by atoms with Gasteiger partial charge in [0, 0.05) is 31.4 Å². The van der Waals surface area contributed by atoms with Gasteiger partial charge in [-0.15, -0.1) is 0 Å². The van der Waals surface area contributed by atoms with Crippen LogP contribution in [0.25, 0.3) is 0 Å².